The maximum absolute atomic E-state index is 14.5. The number of carbonyl (C=O) groups excluding carboxylic acids is 2. The number of hydrogen-bond acceptors (Lipinski definition) is 3. The van der Waals surface area contributed by atoms with Gasteiger partial charge < -0.3 is 15.4 Å². The van der Waals surface area contributed by atoms with Gasteiger partial charge in [-0.05, 0) is 23.8 Å². The van der Waals surface area contributed by atoms with E-state index in [9.17, 15) is 31.5 Å². The van der Waals surface area contributed by atoms with Crippen LogP contribution in [0.3, 0.4) is 0 Å². The second-order valence-corrected chi connectivity index (χ2v) is 9.30. The summed E-state index contributed by atoms with van der Waals surface area (Å²) < 4.78 is 68.2. The third-order valence-electron chi connectivity index (χ3n) is 5.09. The quantitative estimate of drug-likeness (QED) is 0.340. The molecule has 2 unspecified atom stereocenters. The van der Waals surface area contributed by atoms with Crippen LogP contribution in [-0.4, -0.2) is 36.0 Å². The molecule has 2 aromatic rings. The largest absolute Gasteiger partial charge is 0.493 e. The van der Waals surface area contributed by atoms with Crippen LogP contribution >= 0.6 is 34.8 Å². The van der Waals surface area contributed by atoms with Crippen molar-refractivity contribution in [2.24, 2.45) is 5.92 Å². The lowest BCUT2D eigenvalue weighted by Gasteiger charge is -2.14. The Morgan fingerprint density at radius 2 is 1.79 bits per heavy atom. The van der Waals surface area contributed by atoms with E-state index in [2.05, 4.69) is 5.32 Å². The predicted molar refractivity (Wildman–Crippen MR) is 117 cm³/mol. The van der Waals surface area contributed by atoms with Gasteiger partial charge in [0.1, 0.15) is 10.2 Å². The Hall–Kier alpha value is -2.30. The highest BCUT2D eigenvalue weighted by Crippen LogP contribution is 2.65. The summed E-state index contributed by atoms with van der Waals surface area (Å²) in [4.78, 5) is 25.1. The van der Waals surface area contributed by atoms with Crippen molar-refractivity contribution in [2.75, 3.05) is 19.0 Å². The van der Waals surface area contributed by atoms with E-state index in [1.54, 1.807) is 0 Å². The molecule has 1 aliphatic carbocycles. The summed E-state index contributed by atoms with van der Waals surface area (Å²) in [6, 6.07) is 5.65. The highest BCUT2D eigenvalue weighted by Gasteiger charge is 2.67. The minimum atomic E-state index is -4.50. The third kappa shape index (κ3) is 5.67. The summed E-state index contributed by atoms with van der Waals surface area (Å²) in [5.41, 5.74) is -0.209. The first-order valence-corrected chi connectivity index (χ1v) is 10.8. The lowest BCUT2D eigenvalue weighted by molar-refractivity contribution is -0.133. The smallest absolute Gasteiger partial charge is 0.390 e. The van der Waals surface area contributed by atoms with Gasteiger partial charge in [0.25, 0.3) is 5.91 Å². The van der Waals surface area contributed by atoms with Crippen molar-refractivity contribution in [2.45, 2.75) is 22.8 Å². The predicted octanol–water partition coefficient (Wildman–Crippen LogP) is 5.84. The van der Waals surface area contributed by atoms with Gasteiger partial charge in [0, 0.05) is 24.2 Å². The molecule has 184 valence electrons. The molecule has 2 N–H and O–H groups in total. The molecule has 5 nitrogen and oxygen atoms in total. The standard InChI is InChI=1S/C21H16Cl3F5N2O3/c1-34-17-11(18(32)30-5-4-20(27,28)29)7-10(8-14(17)26)31-19(33)16-15(21(16,23)24)9-2-3-13(25)12(22)6-9/h2-3,6-8,15-16H,4-5H2,1H3,(H,30,32)(H,31,33). The Balaban J connectivity index is 1.79. The van der Waals surface area contributed by atoms with Gasteiger partial charge >= 0.3 is 6.18 Å². The van der Waals surface area contributed by atoms with Gasteiger partial charge in [-0.2, -0.15) is 13.2 Å². The van der Waals surface area contributed by atoms with Crippen LogP contribution in [-0.2, 0) is 4.79 Å². The number of carbonyl (C=O) groups is 2. The van der Waals surface area contributed by atoms with Crippen molar-refractivity contribution >= 4 is 52.3 Å². The van der Waals surface area contributed by atoms with Crippen molar-refractivity contribution in [1.29, 1.82) is 0 Å². The number of amides is 2. The minimum absolute atomic E-state index is 0.184. The molecule has 34 heavy (non-hydrogen) atoms. The van der Waals surface area contributed by atoms with Gasteiger partial charge in [-0.25, -0.2) is 8.78 Å². The zero-order valence-corrected chi connectivity index (χ0v) is 19.5. The molecular formula is C21H16Cl3F5N2O3. The molecule has 1 aliphatic rings. The zero-order valence-electron chi connectivity index (χ0n) is 17.2. The lowest BCUT2D eigenvalue weighted by Crippen LogP contribution is -2.28. The highest BCUT2D eigenvalue weighted by molar-refractivity contribution is 6.53. The highest BCUT2D eigenvalue weighted by atomic mass is 35.5. The molecule has 1 saturated carbocycles. The number of methoxy groups -OCH3 is 1. The van der Waals surface area contributed by atoms with Crippen LogP contribution in [0, 0.1) is 17.6 Å². The maximum Gasteiger partial charge on any atom is 0.390 e. The van der Waals surface area contributed by atoms with Gasteiger partial charge in [-0.1, -0.05) is 17.7 Å². The number of hydrogen-bond donors (Lipinski definition) is 2. The Morgan fingerprint density at radius 3 is 2.38 bits per heavy atom. The number of nitrogens with one attached hydrogen (secondary N) is 2. The van der Waals surface area contributed by atoms with Crippen LogP contribution in [0.5, 0.6) is 5.75 Å². The van der Waals surface area contributed by atoms with Crippen LogP contribution in [0.15, 0.2) is 30.3 Å². The number of rotatable bonds is 7. The van der Waals surface area contributed by atoms with Crippen molar-refractivity contribution in [1.82, 2.24) is 5.32 Å². The summed E-state index contributed by atoms with van der Waals surface area (Å²) in [7, 11) is 1.07. The van der Waals surface area contributed by atoms with Gasteiger partial charge in [-0.3, -0.25) is 9.59 Å². The minimum Gasteiger partial charge on any atom is -0.493 e. The van der Waals surface area contributed by atoms with Gasteiger partial charge in [0.15, 0.2) is 11.6 Å². The summed E-state index contributed by atoms with van der Waals surface area (Å²) in [6.07, 6.45) is -5.78. The Labute approximate surface area is 205 Å². The molecular weight excluding hydrogens is 530 g/mol. The molecule has 1 fully saturated rings. The molecule has 0 radical (unpaired) electrons. The maximum atomic E-state index is 14.5. The monoisotopic (exact) mass is 544 g/mol. The number of halogens is 8. The van der Waals surface area contributed by atoms with Gasteiger partial charge in [0.2, 0.25) is 5.91 Å². The number of ether oxygens (including phenoxy) is 1. The van der Waals surface area contributed by atoms with Crippen LogP contribution in [0.1, 0.15) is 28.3 Å². The van der Waals surface area contributed by atoms with E-state index < -0.39 is 70.1 Å². The summed E-state index contributed by atoms with van der Waals surface area (Å²) >= 11 is 18.2. The second kappa shape index (κ2) is 9.75. The Kier molecular flexibility index (Phi) is 7.54. The average Bonchev–Trinajstić information content (AvgIpc) is 3.30. The molecule has 2 aromatic carbocycles. The van der Waals surface area contributed by atoms with Crippen LogP contribution in [0.2, 0.25) is 5.02 Å². The topological polar surface area (TPSA) is 67.4 Å². The first-order chi connectivity index (χ1) is 15.8. The fourth-order valence-corrected chi connectivity index (χ4v) is 4.47. The molecule has 0 saturated heterocycles. The fourth-order valence-electron chi connectivity index (χ4n) is 3.45. The van der Waals surface area contributed by atoms with E-state index in [0.717, 1.165) is 25.3 Å². The van der Waals surface area contributed by atoms with E-state index in [4.69, 9.17) is 39.5 Å². The molecule has 0 heterocycles. The van der Waals surface area contributed by atoms with Crippen LogP contribution in [0.25, 0.3) is 0 Å². The average molecular weight is 546 g/mol. The molecule has 0 aliphatic heterocycles. The SMILES string of the molecule is COc1c(F)cc(NC(=O)C2C(c3ccc(F)c(Cl)c3)C2(Cl)Cl)cc1C(=O)NCCC(F)(F)F. The van der Waals surface area contributed by atoms with Crippen molar-refractivity contribution in [3.05, 3.63) is 58.1 Å². The number of benzene rings is 2. The summed E-state index contributed by atoms with van der Waals surface area (Å²) in [5, 5.41) is 4.21. The van der Waals surface area contributed by atoms with Gasteiger partial charge in [-0.15, -0.1) is 23.2 Å². The Morgan fingerprint density at radius 1 is 1.12 bits per heavy atom. The molecule has 2 atom stereocenters. The van der Waals surface area contributed by atoms with E-state index in [-0.39, 0.29) is 10.7 Å². The summed E-state index contributed by atoms with van der Waals surface area (Å²) in [6.45, 7) is -0.741. The molecule has 13 heteroatoms. The van der Waals surface area contributed by atoms with E-state index in [1.165, 1.54) is 12.1 Å². The normalized spacial score (nSPS) is 18.9. The van der Waals surface area contributed by atoms with Crippen molar-refractivity contribution in [3.63, 3.8) is 0 Å². The first kappa shape index (κ1) is 26.3. The van der Waals surface area contributed by atoms with Crippen LogP contribution < -0.4 is 15.4 Å². The molecule has 0 bridgehead atoms. The molecule has 0 aromatic heterocycles. The lowest BCUT2D eigenvalue weighted by atomic mass is 10.1. The molecule has 0 spiro atoms. The number of alkyl halides is 5. The third-order valence-corrected chi connectivity index (χ3v) is 6.32. The van der Waals surface area contributed by atoms with Gasteiger partial charge in [0.05, 0.1) is 30.0 Å². The number of anilines is 1. The van der Waals surface area contributed by atoms with Crippen LogP contribution in [0.4, 0.5) is 27.6 Å². The molecule has 3 rings (SSSR count). The molecule has 2 amide bonds. The van der Waals surface area contributed by atoms with Crippen molar-refractivity contribution in [3.8, 4) is 5.75 Å². The first-order valence-electron chi connectivity index (χ1n) is 9.62. The Bertz CT molecular complexity index is 1130. The van der Waals surface area contributed by atoms with E-state index in [1.807, 2.05) is 5.32 Å². The fraction of sp³-hybridized carbons (Fsp3) is 0.333. The van der Waals surface area contributed by atoms with Crippen molar-refractivity contribution < 1.29 is 36.3 Å². The van der Waals surface area contributed by atoms with E-state index in [0.29, 0.717) is 5.56 Å². The van der Waals surface area contributed by atoms with E-state index >= 15 is 0 Å². The zero-order chi connectivity index (χ0) is 25.4. The second-order valence-electron chi connectivity index (χ2n) is 7.45. The summed E-state index contributed by atoms with van der Waals surface area (Å²) in [5.74, 6) is -5.77.